The summed E-state index contributed by atoms with van der Waals surface area (Å²) in [5.74, 6) is 0.264. The number of nitrogens with two attached hydrogens (primary N) is 1. The molecule has 0 aliphatic carbocycles. The Morgan fingerprint density at radius 1 is 1.07 bits per heavy atom. The first-order chi connectivity index (χ1) is 20.1. The quantitative estimate of drug-likeness (QED) is 0.348. The highest BCUT2D eigenvalue weighted by Gasteiger charge is 2.32. The van der Waals surface area contributed by atoms with Crippen molar-refractivity contribution in [3.63, 3.8) is 0 Å². The van der Waals surface area contributed by atoms with Crippen LogP contribution in [-0.2, 0) is 19.1 Å². The lowest BCUT2D eigenvalue weighted by atomic mass is 10.0. The van der Waals surface area contributed by atoms with E-state index in [4.69, 9.17) is 20.4 Å². The fourth-order valence-corrected chi connectivity index (χ4v) is 5.01. The van der Waals surface area contributed by atoms with E-state index in [0.717, 1.165) is 22.3 Å². The molecule has 0 unspecified atom stereocenters. The fraction of sp³-hybridized carbons (Fsp3) is 0.452. The van der Waals surface area contributed by atoms with E-state index < -0.39 is 12.1 Å². The number of para-hydroxylation sites is 1. The van der Waals surface area contributed by atoms with E-state index in [2.05, 4.69) is 4.90 Å². The summed E-state index contributed by atoms with van der Waals surface area (Å²) < 4.78 is 5.62. The minimum Gasteiger partial charge on any atom is -0.507 e. The van der Waals surface area contributed by atoms with Crippen LogP contribution in [-0.4, -0.2) is 95.1 Å². The predicted molar refractivity (Wildman–Crippen MR) is 161 cm³/mol. The number of nitrogens with zero attached hydrogens (tertiary/aromatic N) is 5. The van der Waals surface area contributed by atoms with Crippen LogP contribution in [0.1, 0.15) is 32.3 Å². The molecule has 1 fully saturated rings. The number of ether oxygens (including phenoxy) is 1. The molecule has 2 aromatic carbocycles. The zero-order chi connectivity index (χ0) is 30.4. The number of carbonyl (C=O) groups is 3. The van der Waals surface area contributed by atoms with Gasteiger partial charge in [-0.05, 0) is 49.1 Å². The van der Waals surface area contributed by atoms with E-state index in [1.807, 2.05) is 45.0 Å². The molecule has 3 N–H and O–H groups in total. The average Bonchev–Trinajstić information content (AvgIpc) is 2.96. The highest BCUT2D eigenvalue weighted by Crippen LogP contribution is 2.32. The van der Waals surface area contributed by atoms with E-state index in [0.29, 0.717) is 44.0 Å². The van der Waals surface area contributed by atoms with Gasteiger partial charge in [-0.3, -0.25) is 14.4 Å². The van der Waals surface area contributed by atoms with Gasteiger partial charge in [-0.2, -0.15) is 0 Å². The first-order valence-electron chi connectivity index (χ1n) is 14.3. The SMILES string of the molecule is Cc1ccc2c(N3CCN(C(=O)[C@@H](CC(C)C)OC(=O)CN(C)C(=O)CCN)CC3)nc(-c3ccccc3O)nc2c1. The van der Waals surface area contributed by atoms with Gasteiger partial charge in [0, 0.05) is 51.6 Å². The number of aromatic hydroxyl groups is 1. The van der Waals surface area contributed by atoms with Gasteiger partial charge < -0.3 is 30.3 Å². The summed E-state index contributed by atoms with van der Waals surface area (Å²) in [7, 11) is 1.51. The molecule has 4 rings (SSSR count). The fourth-order valence-electron chi connectivity index (χ4n) is 5.01. The number of rotatable bonds is 10. The van der Waals surface area contributed by atoms with Crippen LogP contribution in [0.2, 0.25) is 0 Å². The zero-order valence-electron chi connectivity index (χ0n) is 24.7. The van der Waals surface area contributed by atoms with Crippen molar-refractivity contribution in [2.75, 3.05) is 51.2 Å². The van der Waals surface area contributed by atoms with Gasteiger partial charge in [0.05, 0.1) is 11.1 Å². The van der Waals surface area contributed by atoms with E-state index in [1.54, 1.807) is 23.1 Å². The number of fused-ring (bicyclic) bond motifs is 1. The Morgan fingerprint density at radius 3 is 2.45 bits per heavy atom. The zero-order valence-corrected chi connectivity index (χ0v) is 24.7. The largest absolute Gasteiger partial charge is 0.507 e. The van der Waals surface area contributed by atoms with Gasteiger partial charge in [0.15, 0.2) is 11.9 Å². The Kier molecular flexibility index (Phi) is 9.95. The summed E-state index contributed by atoms with van der Waals surface area (Å²) in [6.45, 7) is 7.76. The van der Waals surface area contributed by atoms with Gasteiger partial charge in [-0.1, -0.05) is 32.0 Å². The second-order valence-electron chi connectivity index (χ2n) is 11.1. The number of aromatic nitrogens is 2. The van der Waals surface area contributed by atoms with E-state index in [1.165, 1.54) is 11.9 Å². The third-order valence-corrected chi connectivity index (χ3v) is 7.25. The Balaban J connectivity index is 1.50. The number of aryl methyl sites for hydroxylation is 1. The molecule has 0 radical (unpaired) electrons. The number of hydrogen-bond acceptors (Lipinski definition) is 9. The Bertz CT molecular complexity index is 1440. The second-order valence-corrected chi connectivity index (χ2v) is 11.1. The van der Waals surface area contributed by atoms with Gasteiger partial charge in [-0.15, -0.1) is 0 Å². The maximum absolute atomic E-state index is 13.5. The van der Waals surface area contributed by atoms with Gasteiger partial charge in [0.2, 0.25) is 5.91 Å². The predicted octanol–water partition coefficient (Wildman–Crippen LogP) is 2.72. The van der Waals surface area contributed by atoms with Crippen LogP contribution in [0.5, 0.6) is 5.75 Å². The lowest BCUT2D eigenvalue weighted by Crippen LogP contribution is -2.53. The number of piperazine rings is 1. The molecule has 42 heavy (non-hydrogen) atoms. The molecular formula is C31H40N6O5. The van der Waals surface area contributed by atoms with Crippen LogP contribution in [0.4, 0.5) is 5.82 Å². The first-order valence-corrected chi connectivity index (χ1v) is 14.3. The van der Waals surface area contributed by atoms with Gasteiger partial charge >= 0.3 is 5.97 Å². The third kappa shape index (κ3) is 7.33. The van der Waals surface area contributed by atoms with E-state index >= 15 is 0 Å². The molecule has 1 saturated heterocycles. The standard InChI is InChI=1S/C31H40N6O5/c1-20(2)17-26(42-28(40)19-35(4)27(39)11-12-32)31(41)37-15-13-36(14-16-37)30-22-10-9-21(3)18-24(22)33-29(34-30)23-7-5-6-8-25(23)38/h5-10,18,20,26,38H,11-17,19,32H2,1-4H3/t26-/m1/s1. The number of benzene rings is 2. The summed E-state index contributed by atoms with van der Waals surface area (Å²) in [6, 6.07) is 13.0. The van der Waals surface area contributed by atoms with E-state index in [-0.39, 0.29) is 43.0 Å². The van der Waals surface area contributed by atoms with Gasteiger partial charge in [0.1, 0.15) is 18.1 Å². The first kappa shape index (κ1) is 30.7. The smallest absolute Gasteiger partial charge is 0.326 e. The molecule has 0 saturated carbocycles. The van der Waals surface area contributed by atoms with Crippen LogP contribution in [0.25, 0.3) is 22.3 Å². The Morgan fingerprint density at radius 2 is 1.79 bits per heavy atom. The maximum Gasteiger partial charge on any atom is 0.326 e. The second kappa shape index (κ2) is 13.6. The highest BCUT2D eigenvalue weighted by atomic mass is 16.5. The molecule has 0 spiro atoms. The maximum atomic E-state index is 13.5. The molecule has 2 heterocycles. The molecule has 1 aliphatic rings. The number of anilines is 1. The molecule has 11 nitrogen and oxygen atoms in total. The number of carbonyl (C=O) groups excluding carboxylic acids is 3. The molecular weight excluding hydrogens is 536 g/mol. The summed E-state index contributed by atoms with van der Waals surface area (Å²) in [4.78, 5) is 52.9. The number of phenolic OH excluding ortho intramolecular Hbond substituents is 1. The minimum atomic E-state index is -0.933. The van der Waals surface area contributed by atoms with Gasteiger partial charge in [0.25, 0.3) is 5.91 Å². The molecule has 11 heteroatoms. The van der Waals surface area contributed by atoms with Crippen molar-refractivity contribution in [3.05, 3.63) is 48.0 Å². The van der Waals surface area contributed by atoms with Crippen LogP contribution >= 0.6 is 0 Å². The Hall–Kier alpha value is -4.25. The highest BCUT2D eigenvalue weighted by molar-refractivity contribution is 5.92. The van der Waals surface area contributed by atoms with Crippen LogP contribution in [0.3, 0.4) is 0 Å². The molecule has 224 valence electrons. The number of amides is 2. The number of esters is 1. The summed E-state index contributed by atoms with van der Waals surface area (Å²) in [6.07, 6.45) is -0.416. The number of hydrogen-bond donors (Lipinski definition) is 2. The molecule has 1 atom stereocenters. The topological polar surface area (TPSA) is 142 Å². The number of likely N-dealkylation sites (N-methyl/N-ethyl adjacent to an activating group) is 1. The van der Waals surface area contributed by atoms with Crippen molar-refractivity contribution in [1.82, 2.24) is 19.8 Å². The lowest BCUT2D eigenvalue weighted by Gasteiger charge is -2.37. The van der Waals surface area contributed by atoms with Crippen molar-refractivity contribution in [2.24, 2.45) is 11.7 Å². The van der Waals surface area contributed by atoms with Crippen molar-refractivity contribution < 1.29 is 24.2 Å². The van der Waals surface area contributed by atoms with E-state index in [9.17, 15) is 19.5 Å². The van der Waals surface area contributed by atoms with Crippen LogP contribution in [0, 0.1) is 12.8 Å². The van der Waals surface area contributed by atoms with Crippen LogP contribution in [0.15, 0.2) is 42.5 Å². The normalized spacial score (nSPS) is 14.2. The van der Waals surface area contributed by atoms with Gasteiger partial charge in [-0.25, -0.2) is 9.97 Å². The summed E-state index contributed by atoms with van der Waals surface area (Å²) in [5.41, 5.74) is 7.82. The summed E-state index contributed by atoms with van der Waals surface area (Å²) in [5, 5.41) is 11.4. The molecule has 1 aromatic heterocycles. The Labute approximate surface area is 246 Å². The van der Waals surface area contributed by atoms with Crippen molar-refractivity contribution in [2.45, 2.75) is 39.7 Å². The van der Waals surface area contributed by atoms with Crippen LogP contribution < -0.4 is 10.6 Å². The average molecular weight is 577 g/mol. The molecule has 2 amide bonds. The summed E-state index contributed by atoms with van der Waals surface area (Å²) >= 11 is 0. The lowest BCUT2D eigenvalue weighted by molar-refractivity contribution is -0.163. The molecule has 3 aromatic rings. The van der Waals surface area contributed by atoms with Crippen molar-refractivity contribution in [1.29, 1.82) is 0 Å². The minimum absolute atomic E-state index is 0.103. The monoisotopic (exact) mass is 576 g/mol. The molecule has 0 bridgehead atoms. The van der Waals surface area contributed by atoms with Crippen molar-refractivity contribution in [3.8, 4) is 17.1 Å². The van der Waals surface area contributed by atoms with Crippen molar-refractivity contribution >= 4 is 34.5 Å². The third-order valence-electron chi connectivity index (χ3n) is 7.25. The molecule has 1 aliphatic heterocycles. The number of phenols is 1.